The number of hydrogen-bond donors (Lipinski definition) is 0. The summed E-state index contributed by atoms with van der Waals surface area (Å²) in [6.45, 7) is 2.42. The molecule has 0 saturated carbocycles. The van der Waals surface area contributed by atoms with Crippen molar-refractivity contribution in [3.8, 4) is 23.0 Å². The zero-order chi connectivity index (χ0) is 38.9. The van der Waals surface area contributed by atoms with Crippen LogP contribution in [-0.2, 0) is 11.8 Å². The molecule has 0 spiro atoms. The highest BCUT2D eigenvalue weighted by Crippen LogP contribution is 2.43. The number of allylic oxidation sites excluding steroid dienone is 4. The van der Waals surface area contributed by atoms with Crippen LogP contribution in [0.5, 0.6) is 0 Å². The van der Waals surface area contributed by atoms with Gasteiger partial charge in [-0.2, -0.15) is 0 Å². The van der Waals surface area contributed by atoms with Gasteiger partial charge in [0.2, 0.25) is 0 Å². The van der Waals surface area contributed by atoms with Gasteiger partial charge in [0.1, 0.15) is 0 Å². The second kappa shape index (κ2) is 15.4. The summed E-state index contributed by atoms with van der Waals surface area (Å²) in [6.07, 6.45) is 12.0. The molecule has 1 heteroatoms. The van der Waals surface area contributed by atoms with Gasteiger partial charge in [0.15, 0.2) is 0 Å². The van der Waals surface area contributed by atoms with E-state index in [2.05, 4.69) is 218 Å². The van der Waals surface area contributed by atoms with E-state index in [0.717, 1.165) is 32.1 Å². The molecule has 0 radical (unpaired) electrons. The molecule has 8 aromatic rings. The highest BCUT2D eigenvalue weighted by molar-refractivity contribution is 5.89. The third kappa shape index (κ3) is 6.80. The molecule has 0 N–H and O–H groups in total. The lowest BCUT2D eigenvalue weighted by atomic mass is 9.71. The third-order valence-electron chi connectivity index (χ3n) is 12.9. The maximum absolute atomic E-state index is 3.44. The first-order valence-corrected chi connectivity index (χ1v) is 20.9. The molecule has 1 nitrogen and oxygen atoms in total. The van der Waals surface area contributed by atoms with E-state index < -0.39 is 0 Å². The largest absolute Gasteiger partial charge is 0.314 e. The Balaban J connectivity index is 1.01. The maximum atomic E-state index is 3.44. The van der Waals surface area contributed by atoms with Crippen molar-refractivity contribution in [2.24, 2.45) is 11.8 Å². The van der Waals surface area contributed by atoms with Crippen molar-refractivity contribution in [1.29, 1.82) is 0 Å². The first-order valence-electron chi connectivity index (χ1n) is 20.9. The fraction of sp³-hybridized carbons (Fsp3) is 0.158. The molecule has 2 aliphatic rings. The van der Waals surface area contributed by atoms with Gasteiger partial charge in [-0.3, -0.25) is 0 Å². The Morgan fingerprint density at radius 2 is 1.12 bits per heavy atom. The van der Waals surface area contributed by atoms with Gasteiger partial charge in [0.05, 0.1) is 0 Å². The topological polar surface area (TPSA) is 3.24 Å². The van der Waals surface area contributed by atoms with E-state index in [-0.39, 0.29) is 5.41 Å². The smallest absolute Gasteiger partial charge is 0.0464 e. The Bertz CT molecular complexity index is 2900. The molecule has 3 unspecified atom stereocenters. The fourth-order valence-electron chi connectivity index (χ4n) is 9.64. The molecule has 2 aliphatic carbocycles. The maximum Gasteiger partial charge on any atom is 0.0464 e. The van der Waals surface area contributed by atoms with E-state index in [0.29, 0.717) is 11.8 Å². The van der Waals surface area contributed by atoms with Crippen molar-refractivity contribution in [3.63, 3.8) is 0 Å². The van der Waals surface area contributed by atoms with Crippen LogP contribution in [0.2, 0.25) is 0 Å². The van der Waals surface area contributed by atoms with E-state index >= 15 is 0 Å². The van der Waals surface area contributed by atoms with Crippen LogP contribution in [0.25, 0.3) is 43.4 Å². The number of fused-ring (bicyclic) bond motifs is 4. The molecule has 10 rings (SSSR count). The summed E-state index contributed by atoms with van der Waals surface area (Å²) >= 11 is 0. The van der Waals surface area contributed by atoms with Crippen molar-refractivity contribution in [2.45, 2.75) is 44.4 Å². The molecule has 0 fully saturated rings. The summed E-state index contributed by atoms with van der Waals surface area (Å²) in [6, 6.07) is 65.4. The van der Waals surface area contributed by atoms with E-state index in [4.69, 9.17) is 0 Å². The molecule has 0 heterocycles. The van der Waals surface area contributed by atoms with Gasteiger partial charge in [-0.05, 0) is 116 Å². The molecule has 0 amide bonds. The first-order chi connectivity index (χ1) is 28.6. The zero-order valence-electron chi connectivity index (χ0n) is 33.1. The van der Waals surface area contributed by atoms with Crippen molar-refractivity contribution < 1.29 is 0 Å². The Hall–Kier alpha value is -6.62. The van der Waals surface area contributed by atoms with E-state index in [1.807, 2.05) is 0 Å². The lowest BCUT2D eigenvalue weighted by molar-refractivity contribution is 0.396. The Morgan fingerprint density at radius 1 is 0.534 bits per heavy atom. The van der Waals surface area contributed by atoms with E-state index in [9.17, 15) is 0 Å². The van der Waals surface area contributed by atoms with E-state index in [1.165, 1.54) is 77.2 Å². The molecule has 0 saturated heterocycles. The normalized spacial score (nSPS) is 17.4. The third-order valence-corrected chi connectivity index (χ3v) is 12.9. The standard InChI is InChI=1S/C57H47N/c1-57(51-34-28-41-14-6-8-18-47(41)38-51,40-49-22-12-20-45-17-10-11-23-54(45)49)50-32-26-43(27-33-50)44-29-35-52(36-30-44)58(53-37-31-42-15-7-9-19-48(42)39-53)56-25-13-21-46-16-4-2-3-5-24-55(46)56/h6-15,17-23,25-39,46,55H,4-5,16,24,40H2,1H3. The number of nitrogens with zero attached hydrogens (tertiary/aromatic N) is 1. The molecule has 280 valence electrons. The minimum absolute atomic E-state index is 0.250. The van der Waals surface area contributed by atoms with Crippen LogP contribution in [-0.4, -0.2) is 0 Å². The average molecular weight is 746 g/mol. The zero-order valence-corrected chi connectivity index (χ0v) is 33.1. The number of hydrogen-bond acceptors (Lipinski definition) is 1. The highest BCUT2D eigenvalue weighted by Gasteiger charge is 2.32. The monoisotopic (exact) mass is 745 g/mol. The highest BCUT2D eigenvalue weighted by atomic mass is 15.2. The molecule has 0 bridgehead atoms. The molecule has 8 aromatic carbocycles. The minimum atomic E-state index is -0.250. The summed E-state index contributed by atoms with van der Waals surface area (Å²) in [7, 11) is 0. The van der Waals surface area contributed by atoms with Gasteiger partial charge in [-0.15, -0.1) is 11.8 Å². The van der Waals surface area contributed by atoms with Crippen molar-refractivity contribution in [3.05, 3.63) is 217 Å². The lowest BCUT2D eigenvalue weighted by Gasteiger charge is -2.38. The van der Waals surface area contributed by atoms with Crippen molar-refractivity contribution >= 4 is 43.7 Å². The van der Waals surface area contributed by atoms with Crippen LogP contribution in [0.4, 0.5) is 11.4 Å². The Kier molecular flexibility index (Phi) is 9.48. The minimum Gasteiger partial charge on any atom is -0.314 e. The van der Waals surface area contributed by atoms with Crippen LogP contribution < -0.4 is 4.90 Å². The predicted molar refractivity (Wildman–Crippen MR) is 246 cm³/mol. The molecular weight excluding hydrogens is 699 g/mol. The second-order valence-corrected chi connectivity index (χ2v) is 16.4. The Morgan fingerprint density at radius 3 is 1.88 bits per heavy atom. The quantitative estimate of drug-likeness (QED) is 0.140. The van der Waals surface area contributed by atoms with Gasteiger partial charge in [-0.1, -0.05) is 171 Å². The summed E-state index contributed by atoms with van der Waals surface area (Å²) in [5.41, 5.74) is 9.94. The SMILES string of the molecule is CC(Cc1cccc2ccccc12)(c1ccc(-c2ccc(N(C3=CC=CC4CCC#CCCC34)c3ccc4ccccc4c3)cc2)cc1)c1ccc2ccccc2c1. The summed E-state index contributed by atoms with van der Waals surface area (Å²) in [5, 5.41) is 7.67. The summed E-state index contributed by atoms with van der Waals surface area (Å²) < 4.78 is 0. The number of benzene rings is 8. The van der Waals surface area contributed by atoms with E-state index in [1.54, 1.807) is 0 Å². The molecule has 58 heavy (non-hydrogen) atoms. The predicted octanol–water partition coefficient (Wildman–Crippen LogP) is 14.8. The first kappa shape index (κ1) is 35.8. The van der Waals surface area contributed by atoms with Gasteiger partial charge < -0.3 is 4.90 Å². The van der Waals surface area contributed by atoms with Gasteiger partial charge in [0, 0.05) is 41.2 Å². The average Bonchev–Trinajstić information content (AvgIpc) is 3.27. The van der Waals surface area contributed by atoms with Crippen LogP contribution >= 0.6 is 0 Å². The summed E-state index contributed by atoms with van der Waals surface area (Å²) in [4.78, 5) is 2.51. The second-order valence-electron chi connectivity index (χ2n) is 16.4. The van der Waals surface area contributed by atoms with Crippen molar-refractivity contribution in [2.75, 3.05) is 4.90 Å². The number of rotatable bonds is 8. The summed E-state index contributed by atoms with van der Waals surface area (Å²) in [5.74, 6) is 7.75. The number of anilines is 2. The van der Waals surface area contributed by atoms with Gasteiger partial charge in [0.25, 0.3) is 0 Å². The lowest BCUT2D eigenvalue weighted by Crippen LogP contribution is -2.29. The van der Waals surface area contributed by atoms with Crippen LogP contribution in [0.3, 0.4) is 0 Å². The van der Waals surface area contributed by atoms with Crippen LogP contribution in [0, 0.1) is 23.7 Å². The Labute approximate surface area is 343 Å². The molecule has 0 aliphatic heterocycles. The van der Waals surface area contributed by atoms with Crippen molar-refractivity contribution in [1.82, 2.24) is 0 Å². The van der Waals surface area contributed by atoms with Gasteiger partial charge in [-0.25, -0.2) is 0 Å². The van der Waals surface area contributed by atoms with Gasteiger partial charge >= 0.3 is 0 Å². The van der Waals surface area contributed by atoms with Crippen LogP contribution in [0.15, 0.2) is 200 Å². The molecule has 3 atom stereocenters. The molecule has 0 aromatic heterocycles. The fourth-order valence-corrected chi connectivity index (χ4v) is 9.64. The van der Waals surface area contributed by atoms with Crippen LogP contribution in [0.1, 0.15) is 49.3 Å². The molecular formula is C57H47N.